The molecule has 1 aliphatic rings. The number of halogens is 1. The lowest BCUT2D eigenvalue weighted by Crippen LogP contribution is -2.40. The summed E-state index contributed by atoms with van der Waals surface area (Å²) in [4.78, 5) is 38.9. The number of hydrogen-bond donors (Lipinski definition) is 1. The van der Waals surface area contributed by atoms with Crippen molar-refractivity contribution in [2.24, 2.45) is 7.05 Å². The smallest absolute Gasteiger partial charge is 0.410 e. The largest absolute Gasteiger partial charge is 0.444 e. The van der Waals surface area contributed by atoms with Crippen LogP contribution in [-0.2, 0) is 11.8 Å². The third-order valence-corrected chi connectivity index (χ3v) is 5.94. The van der Waals surface area contributed by atoms with Gasteiger partial charge in [-0.3, -0.25) is 9.59 Å². The zero-order valence-corrected chi connectivity index (χ0v) is 21.3. The average molecular weight is 497 g/mol. The molecule has 2 heterocycles. The number of aromatic nitrogens is 1. The zero-order valence-electron chi connectivity index (χ0n) is 20.6. The quantitative estimate of drug-likeness (QED) is 0.651. The van der Waals surface area contributed by atoms with E-state index in [9.17, 15) is 19.6 Å². The molecule has 0 atom stereocenters. The van der Waals surface area contributed by atoms with Gasteiger partial charge in [-0.15, -0.1) is 0 Å². The fourth-order valence-electron chi connectivity index (χ4n) is 3.71. The molecule has 0 unspecified atom stereocenters. The molecule has 2 amide bonds. The molecule has 35 heavy (non-hydrogen) atoms. The molecule has 2 aromatic rings. The van der Waals surface area contributed by atoms with Crippen molar-refractivity contribution in [1.29, 1.82) is 5.26 Å². The molecule has 1 aromatic carbocycles. The van der Waals surface area contributed by atoms with Crippen molar-refractivity contribution in [2.75, 3.05) is 18.4 Å². The minimum absolute atomic E-state index is 0.0913. The summed E-state index contributed by atoms with van der Waals surface area (Å²) in [6.45, 7) is 8.54. The number of carbonyl (C=O) groups excluding carboxylic acids is 2. The third-order valence-electron chi connectivity index (χ3n) is 5.72. The van der Waals surface area contributed by atoms with E-state index in [0.29, 0.717) is 36.6 Å². The fraction of sp³-hybridized carbons (Fsp3) is 0.385. The van der Waals surface area contributed by atoms with Gasteiger partial charge in [-0.2, -0.15) is 5.26 Å². The van der Waals surface area contributed by atoms with Crippen molar-refractivity contribution in [3.8, 4) is 6.07 Å². The van der Waals surface area contributed by atoms with Crippen molar-refractivity contribution in [1.82, 2.24) is 9.47 Å². The molecule has 1 saturated heterocycles. The van der Waals surface area contributed by atoms with Gasteiger partial charge in [0, 0.05) is 42.5 Å². The summed E-state index contributed by atoms with van der Waals surface area (Å²) in [6, 6.07) is 7.95. The molecule has 184 valence electrons. The van der Waals surface area contributed by atoms with Crippen molar-refractivity contribution >= 4 is 35.4 Å². The van der Waals surface area contributed by atoms with Crippen molar-refractivity contribution in [2.45, 2.75) is 46.1 Å². The minimum Gasteiger partial charge on any atom is -0.444 e. The zero-order chi connectivity index (χ0) is 25.9. The van der Waals surface area contributed by atoms with Crippen molar-refractivity contribution in [3.05, 3.63) is 67.6 Å². The molecular formula is C26H29ClN4O4. The van der Waals surface area contributed by atoms with Crippen LogP contribution in [0.2, 0.25) is 5.02 Å². The molecule has 0 aliphatic carbocycles. The number of amides is 2. The summed E-state index contributed by atoms with van der Waals surface area (Å²) in [6.07, 6.45) is 3.14. The Bertz CT molecular complexity index is 1290. The molecule has 0 spiro atoms. The van der Waals surface area contributed by atoms with Gasteiger partial charge < -0.3 is 19.5 Å². The molecule has 0 saturated carbocycles. The minimum atomic E-state index is -0.533. The lowest BCUT2D eigenvalue weighted by molar-refractivity contribution is 0.0236. The topological polar surface area (TPSA) is 104 Å². The van der Waals surface area contributed by atoms with Crippen LogP contribution >= 0.6 is 11.6 Å². The number of nitrogens with one attached hydrogen (secondary N) is 1. The monoisotopic (exact) mass is 496 g/mol. The van der Waals surface area contributed by atoms with Crippen molar-refractivity contribution in [3.63, 3.8) is 0 Å². The number of hydrogen-bond acceptors (Lipinski definition) is 5. The maximum atomic E-state index is 12.8. The molecule has 3 rings (SSSR count). The summed E-state index contributed by atoms with van der Waals surface area (Å²) in [5.74, 6) is -0.506. The fourth-order valence-corrected chi connectivity index (χ4v) is 3.94. The van der Waals surface area contributed by atoms with Crippen LogP contribution in [0.25, 0.3) is 6.08 Å². The lowest BCUT2D eigenvalue weighted by Gasteiger charge is -2.31. The molecule has 9 heteroatoms. The third kappa shape index (κ3) is 6.52. The summed E-state index contributed by atoms with van der Waals surface area (Å²) < 4.78 is 6.63. The van der Waals surface area contributed by atoms with E-state index in [0.717, 1.165) is 16.7 Å². The molecular weight excluding hydrogens is 468 g/mol. The standard InChI is InChI=1S/C26H29ClN4O4/c1-16-18(10-17-6-8-31(9-7-17)25(34)35-26(2,3)4)11-20(27)14-22(16)29-24(33)19-12-21(15-28)30(5)23(32)13-19/h10-14H,6-9H2,1-5H3,(H,29,33). The number of anilines is 1. The van der Waals surface area contributed by atoms with Crippen LogP contribution in [0.15, 0.2) is 34.6 Å². The molecule has 1 aliphatic heterocycles. The van der Waals surface area contributed by atoms with Crippen LogP contribution in [0.3, 0.4) is 0 Å². The van der Waals surface area contributed by atoms with Gasteiger partial charge in [-0.1, -0.05) is 23.3 Å². The number of benzene rings is 1. The Morgan fingerprint density at radius 1 is 1.17 bits per heavy atom. The summed E-state index contributed by atoms with van der Waals surface area (Å²) in [5.41, 5.74) is 2.56. The molecule has 1 aromatic heterocycles. The highest BCUT2D eigenvalue weighted by molar-refractivity contribution is 6.31. The summed E-state index contributed by atoms with van der Waals surface area (Å²) in [7, 11) is 1.47. The van der Waals surface area contributed by atoms with E-state index >= 15 is 0 Å². The van der Waals surface area contributed by atoms with E-state index in [1.165, 1.54) is 23.7 Å². The van der Waals surface area contributed by atoms with Gasteiger partial charge in [0.1, 0.15) is 17.4 Å². The highest BCUT2D eigenvalue weighted by Crippen LogP contribution is 2.29. The number of rotatable bonds is 3. The Kier molecular flexibility index (Phi) is 7.71. The van der Waals surface area contributed by atoms with Crippen LogP contribution in [0.5, 0.6) is 0 Å². The van der Waals surface area contributed by atoms with Crippen LogP contribution in [0.1, 0.15) is 60.8 Å². The maximum Gasteiger partial charge on any atom is 0.410 e. The maximum absolute atomic E-state index is 12.8. The second kappa shape index (κ2) is 10.4. The molecule has 1 N–H and O–H groups in total. The second-order valence-corrected chi connectivity index (χ2v) is 9.97. The predicted octanol–water partition coefficient (Wildman–Crippen LogP) is 4.89. The molecule has 0 bridgehead atoms. The van der Waals surface area contributed by atoms with Gasteiger partial charge >= 0.3 is 6.09 Å². The lowest BCUT2D eigenvalue weighted by atomic mass is 9.98. The number of piperidine rings is 1. The number of carbonyl (C=O) groups is 2. The van der Waals surface area contributed by atoms with Crippen LogP contribution in [0.4, 0.5) is 10.5 Å². The van der Waals surface area contributed by atoms with Crippen molar-refractivity contribution < 1.29 is 14.3 Å². The van der Waals surface area contributed by atoms with E-state index in [1.54, 1.807) is 11.0 Å². The van der Waals surface area contributed by atoms with Gasteiger partial charge in [0.05, 0.1) is 0 Å². The van der Waals surface area contributed by atoms with E-state index < -0.39 is 17.1 Å². The molecule has 0 radical (unpaired) electrons. The first-order valence-corrected chi connectivity index (χ1v) is 11.7. The average Bonchev–Trinajstić information content (AvgIpc) is 2.77. The van der Waals surface area contributed by atoms with E-state index in [4.69, 9.17) is 16.3 Å². The van der Waals surface area contributed by atoms with Crippen LogP contribution in [0, 0.1) is 18.3 Å². The Labute approximate surface area is 209 Å². The Balaban J connectivity index is 1.78. The number of nitrogens with zero attached hydrogens (tertiary/aromatic N) is 3. The highest BCUT2D eigenvalue weighted by atomic mass is 35.5. The predicted molar refractivity (Wildman–Crippen MR) is 136 cm³/mol. The first-order chi connectivity index (χ1) is 16.4. The van der Waals surface area contributed by atoms with Gasteiger partial charge in [0.25, 0.3) is 11.5 Å². The van der Waals surface area contributed by atoms with Gasteiger partial charge in [-0.25, -0.2) is 4.79 Å². The SMILES string of the molecule is Cc1c(C=C2CCN(C(=O)OC(C)(C)C)CC2)cc(Cl)cc1NC(=O)c1cc(C#N)n(C)c(=O)c1. The van der Waals surface area contributed by atoms with Gasteiger partial charge in [0.2, 0.25) is 0 Å². The Morgan fingerprint density at radius 3 is 2.43 bits per heavy atom. The highest BCUT2D eigenvalue weighted by Gasteiger charge is 2.24. The number of nitriles is 1. The normalized spacial score (nSPS) is 13.7. The Morgan fingerprint density at radius 2 is 1.83 bits per heavy atom. The van der Waals surface area contributed by atoms with E-state index in [1.807, 2.05) is 45.9 Å². The number of likely N-dealkylation sites (tertiary alicyclic amines) is 1. The van der Waals surface area contributed by atoms with Crippen LogP contribution < -0.4 is 10.9 Å². The van der Waals surface area contributed by atoms with E-state index in [-0.39, 0.29) is 17.4 Å². The first kappa shape index (κ1) is 26.0. The first-order valence-electron chi connectivity index (χ1n) is 11.3. The number of pyridine rings is 1. The second-order valence-electron chi connectivity index (χ2n) is 9.53. The summed E-state index contributed by atoms with van der Waals surface area (Å²) >= 11 is 6.34. The molecule has 8 nitrogen and oxygen atoms in total. The van der Waals surface area contributed by atoms with Gasteiger partial charge in [0.15, 0.2) is 0 Å². The van der Waals surface area contributed by atoms with E-state index in [2.05, 4.69) is 5.32 Å². The summed E-state index contributed by atoms with van der Waals surface area (Å²) in [5, 5.41) is 12.5. The van der Waals surface area contributed by atoms with Crippen LogP contribution in [-0.4, -0.2) is 40.2 Å². The molecule has 1 fully saturated rings. The number of ether oxygens (including phenoxy) is 1. The van der Waals surface area contributed by atoms with Gasteiger partial charge in [-0.05, 0) is 69.9 Å². The Hall–Kier alpha value is -3.57.